The third-order valence-electron chi connectivity index (χ3n) is 5.57. The van der Waals surface area contributed by atoms with E-state index in [0.29, 0.717) is 31.9 Å². The van der Waals surface area contributed by atoms with Crippen molar-refractivity contribution < 1.29 is 23.5 Å². The summed E-state index contributed by atoms with van der Waals surface area (Å²) in [6.45, 7) is 7.42. The van der Waals surface area contributed by atoms with Gasteiger partial charge in [0, 0.05) is 43.5 Å². The molecule has 2 amide bonds. The van der Waals surface area contributed by atoms with Gasteiger partial charge in [0.1, 0.15) is 22.7 Å². The van der Waals surface area contributed by atoms with Gasteiger partial charge in [-0.05, 0) is 58.2 Å². The quantitative estimate of drug-likeness (QED) is 0.765. The molecule has 162 valence electrons. The van der Waals surface area contributed by atoms with Crippen LogP contribution in [0.3, 0.4) is 0 Å². The van der Waals surface area contributed by atoms with Crippen LogP contribution in [0, 0.1) is 0 Å². The Morgan fingerprint density at radius 3 is 2.47 bits per heavy atom. The highest BCUT2D eigenvalue weighted by Gasteiger charge is 2.28. The first-order valence-corrected chi connectivity index (χ1v) is 10.7. The number of benzene rings is 1. The SMILES string of the molecule is CC(C)(C)OC(=O)N1CCN(C(=O)COc2ccc3oc4c(c3c2)CCCC4)CC1. The number of amides is 2. The van der Waals surface area contributed by atoms with Gasteiger partial charge in [0.2, 0.25) is 0 Å². The largest absolute Gasteiger partial charge is 0.484 e. The molecule has 4 rings (SSSR count). The number of ether oxygens (including phenoxy) is 2. The van der Waals surface area contributed by atoms with Crippen LogP contribution in [0.2, 0.25) is 0 Å². The van der Waals surface area contributed by atoms with Crippen LogP contribution in [0.1, 0.15) is 44.9 Å². The third-order valence-corrected chi connectivity index (χ3v) is 5.57. The smallest absolute Gasteiger partial charge is 0.410 e. The summed E-state index contributed by atoms with van der Waals surface area (Å²) in [5.74, 6) is 1.69. The van der Waals surface area contributed by atoms with Crippen molar-refractivity contribution in [1.29, 1.82) is 0 Å². The molecule has 0 saturated carbocycles. The topological polar surface area (TPSA) is 72.2 Å². The number of carbonyl (C=O) groups is 2. The second-order valence-electron chi connectivity index (χ2n) is 9.01. The van der Waals surface area contributed by atoms with Gasteiger partial charge < -0.3 is 23.7 Å². The normalized spacial score (nSPS) is 17.0. The van der Waals surface area contributed by atoms with Crippen molar-refractivity contribution in [3.05, 3.63) is 29.5 Å². The first-order chi connectivity index (χ1) is 14.3. The molecule has 2 aromatic rings. The number of hydrogen-bond acceptors (Lipinski definition) is 5. The van der Waals surface area contributed by atoms with Crippen molar-refractivity contribution in [1.82, 2.24) is 9.80 Å². The van der Waals surface area contributed by atoms with E-state index in [2.05, 4.69) is 0 Å². The molecule has 1 saturated heterocycles. The average Bonchev–Trinajstić information content (AvgIpc) is 3.09. The van der Waals surface area contributed by atoms with Crippen LogP contribution in [0.5, 0.6) is 5.75 Å². The van der Waals surface area contributed by atoms with Crippen molar-refractivity contribution in [3.8, 4) is 5.75 Å². The fourth-order valence-electron chi connectivity index (χ4n) is 4.03. The lowest BCUT2D eigenvalue weighted by atomic mass is 9.96. The van der Waals surface area contributed by atoms with E-state index in [-0.39, 0.29) is 18.6 Å². The Bertz CT molecular complexity index is 935. The minimum absolute atomic E-state index is 0.0159. The third kappa shape index (κ3) is 4.55. The van der Waals surface area contributed by atoms with Crippen LogP contribution < -0.4 is 4.74 Å². The van der Waals surface area contributed by atoms with E-state index in [4.69, 9.17) is 13.9 Å². The van der Waals surface area contributed by atoms with Gasteiger partial charge in [0.25, 0.3) is 5.91 Å². The zero-order valence-electron chi connectivity index (χ0n) is 18.0. The maximum atomic E-state index is 12.6. The molecule has 1 aromatic carbocycles. The van der Waals surface area contributed by atoms with Gasteiger partial charge in [-0.15, -0.1) is 0 Å². The molecule has 1 aromatic heterocycles. The van der Waals surface area contributed by atoms with E-state index < -0.39 is 5.60 Å². The lowest BCUT2D eigenvalue weighted by molar-refractivity contribution is -0.135. The summed E-state index contributed by atoms with van der Waals surface area (Å²) in [6.07, 6.45) is 4.05. The van der Waals surface area contributed by atoms with Gasteiger partial charge >= 0.3 is 6.09 Å². The summed E-state index contributed by atoms with van der Waals surface area (Å²) < 4.78 is 17.1. The summed E-state index contributed by atoms with van der Waals surface area (Å²) in [5, 5.41) is 1.10. The molecule has 7 heteroatoms. The fraction of sp³-hybridized carbons (Fsp3) is 0.565. The second kappa shape index (κ2) is 8.20. The molecule has 0 atom stereocenters. The Hall–Kier alpha value is -2.70. The Morgan fingerprint density at radius 1 is 1.03 bits per heavy atom. The first kappa shape index (κ1) is 20.6. The van der Waals surface area contributed by atoms with E-state index in [1.165, 1.54) is 18.4 Å². The van der Waals surface area contributed by atoms with Gasteiger partial charge in [-0.3, -0.25) is 4.79 Å². The molecule has 30 heavy (non-hydrogen) atoms. The molecule has 7 nitrogen and oxygen atoms in total. The predicted molar refractivity (Wildman–Crippen MR) is 113 cm³/mol. The number of furan rings is 1. The molecule has 2 heterocycles. The minimum atomic E-state index is -0.521. The molecule has 1 aliphatic heterocycles. The van der Waals surface area contributed by atoms with Crippen molar-refractivity contribution >= 4 is 23.0 Å². The molecule has 0 radical (unpaired) electrons. The number of carbonyl (C=O) groups excluding carboxylic acids is 2. The molecule has 0 N–H and O–H groups in total. The summed E-state index contributed by atoms with van der Waals surface area (Å²) in [4.78, 5) is 28.1. The summed E-state index contributed by atoms with van der Waals surface area (Å²) in [6, 6.07) is 5.76. The zero-order valence-corrected chi connectivity index (χ0v) is 18.0. The standard InChI is InChI=1S/C23H30N2O5/c1-23(2,3)30-22(27)25-12-10-24(11-13-25)21(26)15-28-16-8-9-20-18(14-16)17-6-4-5-7-19(17)29-20/h8-9,14H,4-7,10-13,15H2,1-3H3. The Balaban J connectivity index is 1.30. The van der Waals surface area contributed by atoms with Gasteiger partial charge in [-0.25, -0.2) is 4.79 Å². The first-order valence-electron chi connectivity index (χ1n) is 10.7. The molecular formula is C23H30N2O5. The van der Waals surface area contributed by atoms with Crippen LogP contribution >= 0.6 is 0 Å². The van der Waals surface area contributed by atoms with Crippen LogP contribution in [-0.4, -0.2) is 60.2 Å². The Labute approximate surface area is 176 Å². The Morgan fingerprint density at radius 2 is 1.73 bits per heavy atom. The molecular weight excluding hydrogens is 384 g/mol. The minimum Gasteiger partial charge on any atom is -0.484 e. The highest BCUT2D eigenvalue weighted by molar-refractivity contribution is 5.84. The van der Waals surface area contributed by atoms with Crippen LogP contribution in [-0.2, 0) is 22.4 Å². The highest BCUT2D eigenvalue weighted by Crippen LogP contribution is 2.33. The number of piperazine rings is 1. The van der Waals surface area contributed by atoms with Crippen molar-refractivity contribution in [2.24, 2.45) is 0 Å². The van der Waals surface area contributed by atoms with Crippen molar-refractivity contribution in [3.63, 3.8) is 0 Å². The van der Waals surface area contributed by atoms with E-state index in [1.54, 1.807) is 9.80 Å². The molecule has 2 aliphatic rings. The van der Waals surface area contributed by atoms with Gasteiger partial charge in [-0.2, -0.15) is 0 Å². The van der Waals surface area contributed by atoms with Gasteiger partial charge in [-0.1, -0.05) is 0 Å². The lowest BCUT2D eigenvalue weighted by Gasteiger charge is -2.35. The van der Waals surface area contributed by atoms with Crippen LogP contribution in [0.25, 0.3) is 11.0 Å². The summed E-state index contributed by atoms with van der Waals surface area (Å²) >= 11 is 0. The monoisotopic (exact) mass is 414 g/mol. The van der Waals surface area contributed by atoms with E-state index in [1.807, 2.05) is 39.0 Å². The van der Waals surface area contributed by atoms with Gasteiger partial charge in [0.05, 0.1) is 0 Å². The maximum absolute atomic E-state index is 12.6. The molecule has 1 fully saturated rings. The predicted octanol–water partition coefficient (Wildman–Crippen LogP) is 3.77. The number of aryl methyl sites for hydroxylation is 2. The van der Waals surface area contributed by atoms with Crippen molar-refractivity contribution in [2.45, 2.75) is 52.1 Å². The van der Waals surface area contributed by atoms with E-state index >= 15 is 0 Å². The maximum Gasteiger partial charge on any atom is 0.410 e. The average molecular weight is 415 g/mol. The number of fused-ring (bicyclic) bond motifs is 3. The summed E-state index contributed by atoms with van der Waals surface area (Å²) in [7, 11) is 0. The molecule has 1 aliphatic carbocycles. The molecule has 0 spiro atoms. The highest BCUT2D eigenvalue weighted by atomic mass is 16.6. The van der Waals surface area contributed by atoms with E-state index in [9.17, 15) is 9.59 Å². The van der Waals surface area contributed by atoms with Gasteiger partial charge in [0.15, 0.2) is 6.61 Å². The molecule has 0 unspecified atom stereocenters. The fourth-order valence-corrected chi connectivity index (χ4v) is 4.03. The zero-order chi connectivity index (χ0) is 21.3. The van der Waals surface area contributed by atoms with Crippen LogP contribution in [0.15, 0.2) is 22.6 Å². The van der Waals surface area contributed by atoms with Crippen molar-refractivity contribution in [2.75, 3.05) is 32.8 Å². The number of hydrogen-bond donors (Lipinski definition) is 0. The molecule has 0 bridgehead atoms. The second-order valence-corrected chi connectivity index (χ2v) is 9.01. The van der Waals surface area contributed by atoms with Crippen LogP contribution in [0.4, 0.5) is 4.79 Å². The Kier molecular flexibility index (Phi) is 5.62. The summed E-state index contributed by atoms with van der Waals surface area (Å²) in [5.41, 5.74) is 1.65. The number of nitrogens with zero attached hydrogens (tertiary/aromatic N) is 2. The van der Waals surface area contributed by atoms with E-state index in [0.717, 1.165) is 29.6 Å². The number of rotatable bonds is 3. The lowest BCUT2D eigenvalue weighted by Crippen LogP contribution is -2.52.